The molecule has 0 saturated carbocycles. The van der Waals surface area contributed by atoms with E-state index < -0.39 is 34.1 Å². The van der Waals surface area contributed by atoms with Gasteiger partial charge in [-0.1, -0.05) is 0 Å². The Labute approximate surface area is 163 Å². The Hall–Kier alpha value is -4.14. The van der Waals surface area contributed by atoms with Crippen molar-refractivity contribution >= 4 is 28.9 Å². The summed E-state index contributed by atoms with van der Waals surface area (Å²) in [6, 6.07) is 13.1. The van der Waals surface area contributed by atoms with Gasteiger partial charge in [0.2, 0.25) is 0 Å². The standard InChI is InChI=1S/C20H13F2N3O4/c21-14-1-5-16(6-2-14)23-19(26)12-9-13(11-18(10-12)25(28)29)20(27)24-17-7-3-15(22)4-8-17/h1-11H,(H,23,26)(H,24,27). The first-order valence-electron chi connectivity index (χ1n) is 8.25. The smallest absolute Gasteiger partial charge is 0.271 e. The number of hydrogen-bond donors (Lipinski definition) is 2. The number of non-ortho nitro benzene ring substituents is 1. The molecule has 0 radical (unpaired) electrons. The number of nitro groups is 1. The Morgan fingerprint density at radius 2 is 1.10 bits per heavy atom. The second kappa shape index (κ2) is 8.26. The van der Waals surface area contributed by atoms with Crippen molar-refractivity contribution < 1.29 is 23.3 Å². The topological polar surface area (TPSA) is 101 Å². The fraction of sp³-hybridized carbons (Fsp3) is 0. The van der Waals surface area contributed by atoms with Crippen molar-refractivity contribution in [3.8, 4) is 0 Å². The summed E-state index contributed by atoms with van der Waals surface area (Å²) < 4.78 is 26.0. The first-order chi connectivity index (χ1) is 13.8. The molecule has 0 aliphatic carbocycles. The van der Waals surface area contributed by atoms with E-state index >= 15 is 0 Å². The zero-order chi connectivity index (χ0) is 21.0. The maximum absolute atomic E-state index is 13.0. The van der Waals surface area contributed by atoms with E-state index in [1.165, 1.54) is 30.3 Å². The Morgan fingerprint density at radius 1 is 0.724 bits per heavy atom. The van der Waals surface area contributed by atoms with Crippen molar-refractivity contribution in [1.29, 1.82) is 0 Å². The van der Waals surface area contributed by atoms with Gasteiger partial charge >= 0.3 is 0 Å². The van der Waals surface area contributed by atoms with Crippen molar-refractivity contribution in [2.24, 2.45) is 0 Å². The van der Waals surface area contributed by atoms with E-state index in [-0.39, 0.29) is 22.5 Å². The number of nitro benzene ring substituents is 1. The monoisotopic (exact) mass is 397 g/mol. The average molecular weight is 397 g/mol. The van der Waals surface area contributed by atoms with Gasteiger partial charge < -0.3 is 10.6 Å². The average Bonchev–Trinajstić information content (AvgIpc) is 2.71. The van der Waals surface area contributed by atoms with Gasteiger partial charge in [-0.05, 0) is 54.6 Å². The minimum absolute atomic E-state index is 0.132. The third-order valence-electron chi connectivity index (χ3n) is 3.86. The molecule has 0 bridgehead atoms. The minimum atomic E-state index is -0.733. The molecule has 29 heavy (non-hydrogen) atoms. The SMILES string of the molecule is O=C(Nc1ccc(F)cc1)c1cc(C(=O)Nc2ccc(F)cc2)cc([N+](=O)[O-])c1. The van der Waals surface area contributed by atoms with Crippen molar-refractivity contribution in [2.75, 3.05) is 10.6 Å². The van der Waals surface area contributed by atoms with Gasteiger partial charge in [-0.3, -0.25) is 19.7 Å². The largest absolute Gasteiger partial charge is 0.322 e. The number of carbonyl (C=O) groups is 2. The van der Waals surface area contributed by atoms with E-state index in [1.54, 1.807) is 0 Å². The number of amides is 2. The summed E-state index contributed by atoms with van der Waals surface area (Å²) >= 11 is 0. The van der Waals surface area contributed by atoms with E-state index in [0.29, 0.717) is 0 Å². The second-order valence-corrected chi connectivity index (χ2v) is 5.95. The lowest BCUT2D eigenvalue weighted by atomic mass is 10.1. The van der Waals surface area contributed by atoms with Gasteiger partial charge in [-0.25, -0.2) is 8.78 Å². The molecular formula is C20H13F2N3O4. The number of nitrogens with one attached hydrogen (secondary N) is 2. The maximum atomic E-state index is 13.0. The fourth-order valence-electron chi connectivity index (χ4n) is 2.45. The maximum Gasteiger partial charge on any atom is 0.271 e. The summed E-state index contributed by atoms with van der Waals surface area (Å²) in [7, 11) is 0. The molecular weight excluding hydrogens is 384 g/mol. The van der Waals surface area contributed by atoms with Crippen LogP contribution < -0.4 is 10.6 Å². The summed E-state index contributed by atoms with van der Waals surface area (Å²) in [6.45, 7) is 0. The van der Waals surface area contributed by atoms with Crippen LogP contribution in [0, 0.1) is 21.7 Å². The van der Waals surface area contributed by atoms with Gasteiger partial charge in [0.05, 0.1) is 4.92 Å². The van der Waals surface area contributed by atoms with Crippen LogP contribution in [0.25, 0.3) is 0 Å². The number of hydrogen-bond acceptors (Lipinski definition) is 4. The van der Waals surface area contributed by atoms with E-state index in [2.05, 4.69) is 10.6 Å². The van der Waals surface area contributed by atoms with Crippen LogP contribution >= 0.6 is 0 Å². The van der Waals surface area contributed by atoms with Gasteiger partial charge in [-0.2, -0.15) is 0 Å². The number of rotatable bonds is 5. The molecule has 0 aromatic heterocycles. The van der Waals surface area contributed by atoms with Crippen LogP contribution in [-0.4, -0.2) is 16.7 Å². The van der Waals surface area contributed by atoms with Crippen LogP contribution in [0.4, 0.5) is 25.8 Å². The van der Waals surface area contributed by atoms with Crippen molar-refractivity contribution in [3.05, 3.63) is 99.6 Å². The summed E-state index contributed by atoms with van der Waals surface area (Å²) in [4.78, 5) is 35.4. The Balaban J connectivity index is 1.87. The quantitative estimate of drug-likeness (QED) is 0.493. The molecule has 0 unspecified atom stereocenters. The highest BCUT2D eigenvalue weighted by molar-refractivity contribution is 6.09. The number of nitrogens with zero attached hydrogens (tertiary/aromatic N) is 1. The predicted octanol–water partition coefficient (Wildman–Crippen LogP) is 4.38. The van der Waals surface area contributed by atoms with Crippen molar-refractivity contribution in [1.82, 2.24) is 0 Å². The van der Waals surface area contributed by atoms with Crippen LogP contribution in [0.15, 0.2) is 66.7 Å². The van der Waals surface area contributed by atoms with Crippen molar-refractivity contribution in [3.63, 3.8) is 0 Å². The Morgan fingerprint density at radius 3 is 1.45 bits per heavy atom. The minimum Gasteiger partial charge on any atom is -0.322 e. The zero-order valence-corrected chi connectivity index (χ0v) is 14.7. The summed E-state index contributed by atoms with van der Waals surface area (Å²) in [5.74, 6) is -2.40. The van der Waals surface area contributed by atoms with Crippen LogP contribution in [-0.2, 0) is 0 Å². The highest BCUT2D eigenvalue weighted by Crippen LogP contribution is 2.20. The van der Waals surface area contributed by atoms with Crippen LogP contribution in [0.3, 0.4) is 0 Å². The van der Waals surface area contributed by atoms with E-state index in [4.69, 9.17) is 0 Å². The van der Waals surface area contributed by atoms with E-state index in [1.807, 2.05) is 0 Å². The van der Waals surface area contributed by atoms with Gasteiger partial charge in [0.1, 0.15) is 11.6 Å². The summed E-state index contributed by atoms with van der Waals surface area (Å²) in [6.07, 6.45) is 0. The van der Waals surface area contributed by atoms with Crippen LogP contribution in [0.5, 0.6) is 0 Å². The Bertz CT molecular complexity index is 1010. The van der Waals surface area contributed by atoms with Crippen LogP contribution in [0.1, 0.15) is 20.7 Å². The van der Waals surface area contributed by atoms with Crippen LogP contribution in [0.2, 0.25) is 0 Å². The van der Waals surface area contributed by atoms with Crippen molar-refractivity contribution in [2.45, 2.75) is 0 Å². The van der Waals surface area contributed by atoms with Gasteiger partial charge in [0.25, 0.3) is 17.5 Å². The summed E-state index contributed by atoms with van der Waals surface area (Å²) in [5, 5.41) is 16.1. The number of carbonyl (C=O) groups excluding carboxylic acids is 2. The normalized spacial score (nSPS) is 10.3. The third kappa shape index (κ3) is 4.98. The molecule has 0 spiro atoms. The number of anilines is 2. The summed E-state index contributed by atoms with van der Waals surface area (Å²) in [5.41, 5.74) is -0.165. The zero-order valence-electron chi connectivity index (χ0n) is 14.7. The predicted molar refractivity (Wildman–Crippen MR) is 102 cm³/mol. The third-order valence-corrected chi connectivity index (χ3v) is 3.86. The molecule has 0 aliphatic heterocycles. The lowest BCUT2D eigenvalue weighted by molar-refractivity contribution is -0.384. The molecule has 0 heterocycles. The first-order valence-corrected chi connectivity index (χ1v) is 8.25. The molecule has 0 atom stereocenters. The van der Waals surface area contributed by atoms with Gasteiger partial charge in [0, 0.05) is 34.6 Å². The molecule has 0 aliphatic rings. The molecule has 3 aromatic carbocycles. The molecule has 9 heteroatoms. The molecule has 0 saturated heterocycles. The highest BCUT2D eigenvalue weighted by atomic mass is 19.1. The van der Waals surface area contributed by atoms with Gasteiger partial charge in [-0.15, -0.1) is 0 Å². The first kappa shape index (κ1) is 19.6. The Kier molecular flexibility index (Phi) is 5.59. The van der Waals surface area contributed by atoms with Gasteiger partial charge in [0.15, 0.2) is 0 Å². The number of benzene rings is 3. The van der Waals surface area contributed by atoms with E-state index in [9.17, 15) is 28.5 Å². The lowest BCUT2D eigenvalue weighted by Crippen LogP contribution is -2.16. The molecule has 2 amide bonds. The number of halogens is 2. The second-order valence-electron chi connectivity index (χ2n) is 5.95. The molecule has 3 rings (SSSR count). The lowest BCUT2D eigenvalue weighted by Gasteiger charge is -2.09. The highest BCUT2D eigenvalue weighted by Gasteiger charge is 2.18. The molecule has 146 valence electrons. The molecule has 2 N–H and O–H groups in total. The fourth-order valence-corrected chi connectivity index (χ4v) is 2.45. The molecule has 0 fully saturated rings. The van der Waals surface area contributed by atoms with E-state index in [0.717, 1.165) is 36.4 Å². The molecule has 7 nitrogen and oxygen atoms in total. The molecule has 3 aromatic rings.